The van der Waals surface area contributed by atoms with Crippen LogP contribution in [-0.2, 0) is 4.79 Å². The van der Waals surface area contributed by atoms with Gasteiger partial charge < -0.3 is 10.6 Å². The first kappa shape index (κ1) is 20.6. The van der Waals surface area contributed by atoms with Gasteiger partial charge in [-0.25, -0.2) is 0 Å². The van der Waals surface area contributed by atoms with Gasteiger partial charge in [0.15, 0.2) is 0 Å². The van der Waals surface area contributed by atoms with E-state index in [0.717, 1.165) is 30.4 Å². The Morgan fingerprint density at radius 2 is 2.04 bits per heavy atom. The van der Waals surface area contributed by atoms with Crippen LogP contribution in [0, 0.1) is 12.8 Å². The molecular weight excluding hydrogens is 352 g/mol. The lowest BCUT2D eigenvalue weighted by Gasteiger charge is -2.21. The first-order chi connectivity index (χ1) is 11.7. The van der Waals surface area contributed by atoms with Gasteiger partial charge in [0.05, 0.1) is 0 Å². The standard InChI is InChI=1S/C20H30N2OS.ClH/c1-15-13-18(24-17-5-3-2-4-6-17)8-9-19(15)22-20(23)10-7-16-11-12-21-14-16;/h8-9,13,16-17,21H,2-7,10-12,14H2,1H3,(H,22,23);1H. The van der Waals surface area contributed by atoms with Crippen molar-refractivity contribution in [3.8, 4) is 0 Å². The predicted molar refractivity (Wildman–Crippen MR) is 110 cm³/mol. The lowest BCUT2D eigenvalue weighted by molar-refractivity contribution is -0.116. The van der Waals surface area contributed by atoms with Crippen molar-refractivity contribution < 1.29 is 4.79 Å². The number of nitrogens with one attached hydrogen (secondary N) is 2. The summed E-state index contributed by atoms with van der Waals surface area (Å²) in [7, 11) is 0. The Kier molecular flexibility index (Phi) is 8.60. The molecule has 1 amide bonds. The van der Waals surface area contributed by atoms with E-state index in [1.54, 1.807) is 0 Å². The number of hydrogen-bond donors (Lipinski definition) is 2. The first-order valence-corrected chi connectivity index (χ1v) is 10.4. The molecule has 1 heterocycles. The third-order valence-electron chi connectivity index (χ3n) is 5.27. The molecule has 0 radical (unpaired) electrons. The molecule has 1 aromatic rings. The minimum atomic E-state index is 0. The van der Waals surface area contributed by atoms with Gasteiger partial charge in [0.2, 0.25) is 5.91 Å². The Balaban J connectivity index is 0.00000225. The number of amides is 1. The van der Waals surface area contributed by atoms with Crippen molar-refractivity contribution in [3.05, 3.63) is 23.8 Å². The Labute approximate surface area is 162 Å². The van der Waals surface area contributed by atoms with Gasteiger partial charge in [-0.15, -0.1) is 24.2 Å². The fourth-order valence-corrected chi connectivity index (χ4v) is 5.08. The molecule has 1 aliphatic carbocycles. The first-order valence-electron chi connectivity index (χ1n) is 9.48. The predicted octanol–water partition coefficient (Wildman–Crippen LogP) is 5.17. The third kappa shape index (κ3) is 6.50. The molecule has 1 unspecified atom stereocenters. The van der Waals surface area contributed by atoms with Crippen molar-refractivity contribution in [2.45, 2.75) is 68.4 Å². The summed E-state index contributed by atoms with van der Waals surface area (Å²) >= 11 is 2.01. The smallest absolute Gasteiger partial charge is 0.224 e. The SMILES string of the molecule is Cc1cc(SC2CCCCC2)ccc1NC(=O)CCC1CCNC1.Cl. The molecule has 1 aromatic carbocycles. The summed E-state index contributed by atoms with van der Waals surface area (Å²) in [5.41, 5.74) is 2.14. The average Bonchev–Trinajstić information content (AvgIpc) is 3.10. The van der Waals surface area contributed by atoms with E-state index in [1.165, 1.54) is 49.0 Å². The van der Waals surface area contributed by atoms with Crippen LogP contribution in [0.1, 0.15) is 56.9 Å². The molecule has 0 aromatic heterocycles. The van der Waals surface area contributed by atoms with Crippen LogP contribution < -0.4 is 10.6 Å². The number of anilines is 1. The molecule has 0 spiro atoms. The highest BCUT2D eigenvalue weighted by Gasteiger charge is 2.17. The van der Waals surface area contributed by atoms with Gasteiger partial charge in [0.1, 0.15) is 0 Å². The molecule has 1 saturated heterocycles. The number of benzene rings is 1. The molecule has 140 valence electrons. The van der Waals surface area contributed by atoms with Crippen molar-refractivity contribution in [1.29, 1.82) is 0 Å². The van der Waals surface area contributed by atoms with Crippen molar-refractivity contribution in [1.82, 2.24) is 5.32 Å². The van der Waals surface area contributed by atoms with E-state index in [4.69, 9.17) is 0 Å². The summed E-state index contributed by atoms with van der Waals surface area (Å²) in [5.74, 6) is 0.823. The summed E-state index contributed by atoms with van der Waals surface area (Å²) in [6, 6.07) is 6.48. The zero-order valence-corrected chi connectivity index (χ0v) is 16.8. The molecule has 2 fully saturated rings. The zero-order chi connectivity index (χ0) is 16.8. The van der Waals surface area contributed by atoms with E-state index in [2.05, 4.69) is 35.8 Å². The summed E-state index contributed by atoms with van der Waals surface area (Å²) in [6.45, 7) is 4.27. The number of thioether (sulfide) groups is 1. The van der Waals surface area contributed by atoms with E-state index < -0.39 is 0 Å². The van der Waals surface area contributed by atoms with Crippen LogP contribution in [0.5, 0.6) is 0 Å². The van der Waals surface area contributed by atoms with E-state index >= 15 is 0 Å². The normalized spacial score (nSPS) is 20.9. The van der Waals surface area contributed by atoms with E-state index in [-0.39, 0.29) is 18.3 Å². The van der Waals surface area contributed by atoms with Crippen LogP contribution in [0.4, 0.5) is 5.69 Å². The van der Waals surface area contributed by atoms with Crippen molar-refractivity contribution in [2.75, 3.05) is 18.4 Å². The molecule has 1 atom stereocenters. The van der Waals surface area contributed by atoms with Crippen LogP contribution in [0.25, 0.3) is 0 Å². The Bertz CT molecular complexity index is 555. The summed E-state index contributed by atoms with van der Waals surface area (Å²) in [6.07, 6.45) is 9.67. The van der Waals surface area contributed by atoms with Crippen molar-refractivity contribution in [3.63, 3.8) is 0 Å². The molecule has 2 N–H and O–H groups in total. The van der Waals surface area contributed by atoms with Crippen molar-refractivity contribution >= 4 is 35.8 Å². The van der Waals surface area contributed by atoms with Crippen LogP contribution >= 0.6 is 24.2 Å². The fourth-order valence-electron chi connectivity index (χ4n) is 3.73. The Hall–Kier alpha value is -0.710. The van der Waals surface area contributed by atoms with Gasteiger partial charge in [-0.05, 0) is 75.4 Å². The molecule has 3 rings (SSSR count). The number of hydrogen-bond acceptors (Lipinski definition) is 3. The maximum atomic E-state index is 12.2. The summed E-state index contributed by atoms with van der Waals surface area (Å²) in [4.78, 5) is 13.5. The number of carbonyl (C=O) groups excluding carboxylic acids is 1. The Morgan fingerprint density at radius 1 is 1.24 bits per heavy atom. The molecule has 2 aliphatic rings. The fraction of sp³-hybridized carbons (Fsp3) is 0.650. The summed E-state index contributed by atoms with van der Waals surface area (Å²) < 4.78 is 0. The number of rotatable bonds is 6. The van der Waals surface area contributed by atoms with Crippen LogP contribution in [0.3, 0.4) is 0 Å². The highest BCUT2D eigenvalue weighted by molar-refractivity contribution is 8.00. The van der Waals surface area contributed by atoms with Crippen LogP contribution in [0.2, 0.25) is 0 Å². The zero-order valence-electron chi connectivity index (χ0n) is 15.2. The maximum absolute atomic E-state index is 12.2. The van der Waals surface area contributed by atoms with Gasteiger partial charge in [-0.2, -0.15) is 0 Å². The van der Waals surface area contributed by atoms with E-state index in [0.29, 0.717) is 12.3 Å². The molecule has 25 heavy (non-hydrogen) atoms. The second kappa shape index (κ2) is 10.4. The second-order valence-electron chi connectivity index (χ2n) is 7.30. The molecular formula is C20H31ClN2OS. The topological polar surface area (TPSA) is 41.1 Å². The highest BCUT2D eigenvalue weighted by Crippen LogP contribution is 2.35. The summed E-state index contributed by atoms with van der Waals surface area (Å²) in [5, 5.41) is 7.23. The van der Waals surface area contributed by atoms with Gasteiger partial charge in [0, 0.05) is 22.3 Å². The van der Waals surface area contributed by atoms with Gasteiger partial charge in [0.25, 0.3) is 0 Å². The number of halogens is 1. The quantitative estimate of drug-likeness (QED) is 0.713. The lowest BCUT2D eigenvalue weighted by Crippen LogP contribution is -2.15. The van der Waals surface area contributed by atoms with Crippen molar-refractivity contribution in [2.24, 2.45) is 5.92 Å². The van der Waals surface area contributed by atoms with Crippen LogP contribution in [0.15, 0.2) is 23.1 Å². The highest BCUT2D eigenvalue weighted by atomic mass is 35.5. The largest absolute Gasteiger partial charge is 0.326 e. The van der Waals surface area contributed by atoms with Gasteiger partial charge >= 0.3 is 0 Å². The molecule has 0 bridgehead atoms. The monoisotopic (exact) mass is 382 g/mol. The average molecular weight is 383 g/mol. The van der Waals surface area contributed by atoms with E-state index in [9.17, 15) is 4.79 Å². The third-order valence-corrected chi connectivity index (χ3v) is 6.60. The minimum absolute atomic E-state index is 0. The van der Waals surface area contributed by atoms with Gasteiger partial charge in [-0.1, -0.05) is 19.3 Å². The van der Waals surface area contributed by atoms with E-state index in [1.807, 2.05) is 11.8 Å². The second-order valence-corrected chi connectivity index (χ2v) is 8.67. The van der Waals surface area contributed by atoms with Gasteiger partial charge in [-0.3, -0.25) is 4.79 Å². The molecule has 1 aliphatic heterocycles. The number of carbonyl (C=O) groups is 1. The molecule has 1 saturated carbocycles. The number of aryl methyl sites for hydroxylation is 1. The Morgan fingerprint density at radius 3 is 2.72 bits per heavy atom. The maximum Gasteiger partial charge on any atom is 0.224 e. The van der Waals surface area contributed by atoms with Crippen LogP contribution in [-0.4, -0.2) is 24.2 Å². The minimum Gasteiger partial charge on any atom is -0.326 e. The molecule has 3 nitrogen and oxygen atoms in total. The molecule has 5 heteroatoms. The lowest BCUT2D eigenvalue weighted by atomic mass is 10.0.